The van der Waals surface area contributed by atoms with Crippen molar-refractivity contribution in [1.29, 1.82) is 0 Å². The quantitative estimate of drug-likeness (QED) is 0.743. The van der Waals surface area contributed by atoms with Crippen molar-refractivity contribution in [3.63, 3.8) is 0 Å². The van der Waals surface area contributed by atoms with Crippen molar-refractivity contribution in [2.75, 3.05) is 25.1 Å². The van der Waals surface area contributed by atoms with Gasteiger partial charge in [-0.05, 0) is 12.1 Å². The number of halogens is 2. The lowest BCUT2D eigenvalue weighted by atomic mass is 9.95. The summed E-state index contributed by atoms with van der Waals surface area (Å²) in [6.07, 6.45) is 3.95. The third kappa shape index (κ3) is 3.67. The van der Waals surface area contributed by atoms with Gasteiger partial charge in [-0.15, -0.1) is 0 Å². The van der Waals surface area contributed by atoms with Crippen molar-refractivity contribution >= 4 is 11.6 Å². The summed E-state index contributed by atoms with van der Waals surface area (Å²) in [5, 5.41) is 0. The second kappa shape index (κ2) is 7.53. The van der Waals surface area contributed by atoms with Crippen molar-refractivity contribution in [2.45, 2.75) is 26.1 Å². The van der Waals surface area contributed by atoms with Gasteiger partial charge in [0.2, 0.25) is 11.8 Å². The molecule has 0 spiro atoms. The molecule has 10 heteroatoms. The zero-order chi connectivity index (χ0) is 19.7. The van der Waals surface area contributed by atoms with Crippen LogP contribution in [-0.2, 0) is 17.9 Å². The zero-order valence-electron chi connectivity index (χ0n) is 15.2. The van der Waals surface area contributed by atoms with Gasteiger partial charge in [-0.25, -0.2) is 0 Å². The van der Waals surface area contributed by atoms with Gasteiger partial charge in [-0.1, -0.05) is 0 Å². The van der Waals surface area contributed by atoms with Gasteiger partial charge in [0.25, 0.3) is 0 Å². The number of rotatable bonds is 6. The van der Waals surface area contributed by atoms with Gasteiger partial charge in [0, 0.05) is 31.6 Å². The molecule has 0 bridgehead atoms. The molecule has 2 aromatic heterocycles. The number of hydrogen-bond acceptors (Lipinski definition) is 7. The third-order valence-electron chi connectivity index (χ3n) is 4.90. The number of pyridine rings is 1. The number of alkyl halides is 2. The van der Waals surface area contributed by atoms with Crippen LogP contribution >= 0.6 is 0 Å². The van der Waals surface area contributed by atoms with Crippen LogP contribution in [-0.4, -0.2) is 52.6 Å². The highest BCUT2D eigenvalue weighted by Gasteiger charge is 2.34. The van der Waals surface area contributed by atoms with E-state index in [-0.39, 0.29) is 24.2 Å². The molecule has 8 nitrogen and oxygen atoms in total. The lowest BCUT2D eigenvalue weighted by molar-refractivity contribution is -0.133. The molecule has 2 aliphatic rings. The molecular formula is C18H19F2N5O3. The standard InChI is InChI=1S/C18H19F2N5O3/c1-27-16-13-9-25(10-14(13)22-18(23-16)28-17(19)20)15(26)5-11-7-24(8-11)12-3-2-4-21-6-12/h2-4,6,11,17H,5,7-10H2,1H3. The van der Waals surface area contributed by atoms with Crippen molar-refractivity contribution in [1.82, 2.24) is 19.9 Å². The van der Waals surface area contributed by atoms with Crippen LogP contribution in [0.25, 0.3) is 0 Å². The molecule has 0 unspecified atom stereocenters. The van der Waals surface area contributed by atoms with Crippen LogP contribution in [0.4, 0.5) is 14.5 Å². The number of methoxy groups -OCH3 is 1. The maximum atomic E-state index is 12.7. The fourth-order valence-electron chi connectivity index (χ4n) is 3.51. The summed E-state index contributed by atoms with van der Waals surface area (Å²) in [6.45, 7) is -0.901. The van der Waals surface area contributed by atoms with E-state index in [1.807, 2.05) is 12.1 Å². The van der Waals surface area contributed by atoms with E-state index in [4.69, 9.17) is 4.74 Å². The van der Waals surface area contributed by atoms with Gasteiger partial charge in [0.05, 0.1) is 43.3 Å². The van der Waals surface area contributed by atoms with E-state index in [0.29, 0.717) is 24.2 Å². The second-order valence-corrected chi connectivity index (χ2v) is 6.76. The molecule has 4 rings (SSSR count). The van der Waals surface area contributed by atoms with Crippen molar-refractivity contribution in [2.24, 2.45) is 5.92 Å². The summed E-state index contributed by atoms with van der Waals surface area (Å²) in [4.78, 5) is 28.4. The summed E-state index contributed by atoms with van der Waals surface area (Å²) < 4.78 is 34.3. The molecular weight excluding hydrogens is 372 g/mol. The van der Waals surface area contributed by atoms with Crippen LogP contribution in [0, 0.1) is 5.92 Å². The molecule has 1 saturated heterocycles. The average molecular weight is 391 g/mol. The Morgan fingerprint density at radius 1 is 1.32 bits per heavy atom. The molecule has 0 aliphatic carbocycles. The fraction of sp³-hybridized carbons (Fsp3) is 0.444. The summed E-state index contributed by atoms with van der Waals surface area (Å²) in [5.41, 5.74) is 2.15. The van der Waals surface area contributed by atoms with Gasteiger partial charge in [-0.2, -0.15) is 18.7 Å². The predicted octanol–water partition coefficient (Wildman–Crippen LogP) is 1.85. The maximum Gasteiger partial charge on any atom is 0.389 e. The zero-order valence-corrected chi connectivity index (χ0v) is 15.2. The van der Waals surface area contributed by atoms with E-state index >= 15 is 0 Å². The van der Waals surface area contributed by atoms with Crippen LogP contribution in [0.2, 0.25) is 0 Å². The lowest BCUT2D eigenvalue weighted by Gasteiger charge is -2.41. The molecule has 0 N–H and O–H groups in total. The minimum Gasteiger partial charge on any atom is -0.481 e. The number of nitrogens with zero attached hydrogens (tertiary/aromatic N) is 5. The fourth-order valence-corrected chi connectivity index (χ4v) is 3.51. The van der Waals surface area contributed by atoms with E-state index in [1.54, 1.807) is 17.3 Å². The Labute approximate surface area is 160 Å². The number of ether oxygens (including phenoxy) is 2. The van der Waals surface area contributed by atoms with Gasteiger partial charge in [0.15, 0.2) is 0 Å². The molecule has 28 heavy (non-hydrogen) atoms. The monoisotopic (exact) mass is 391 g/mol. The van der Waals surface area contributed by atoms with E-state index < -0.39 is 12.6 Å². The SMILES string of the molecule is COc1nc(OC(F)F)nc2c1CN(C(=O)CC1CN(c3cccnc3)C1)C2. The van der Waals surface area contributed by atoms with Crippen LogP contribution in [0.3, 0.4) is 0 Å². The Hall–Kier alpha value is -3.04. The first kappa shape index (κ1) is 18.3. The molecule has 0 saturated carbocycles. The summed E-state index contributed by atoms with van der Waals surface area (Å²) in [6, 6.07) is 3.42. The van der Waals surface area contributed by atoms with Crippen molar-refractivity contribution in [3.8, 4) is 11.9 Å². The normalized spacial score (nSPS) is 16.1. The molecule has 1 fully saturated rings. The number of hydrogen-bond donors (Lipinski definition) is 0. The van der Waals surface area contributed by atoms with Gasteiger partial charge in [-0.3, -0.25) is 9.78 Å². The molecule has 2 aliphatic heterocycles. The van der Waals surface area contributed by atoms with E-state index in [9.17, 15) is 13.6 Å². The van der Waals surface area contributed by atoms with E-state index in [1.165, 1.54) is 7.11 Å². The summed E-state index contributed by atoms with van der Waals surface area (Å²) in [7, 11) is 1.39. The minimum atomic E-state index is -3.02. The number of aromatic nitrogens is 3. The molecule has 1 amide bonds. The molecule has 0 radical (unpaired) electrons. The third-order valence-corrected chi connectivity index (χ3v) is 4.90. The molecule has 2 aromatic rings. The maximum absolute atomic E-state index is 12.7. The number of fused-ring (bicyclic) bond motifs is 1. The Kier molecular flexibility index (Phi) is 4.93. The van der Waals surface area contributed by atoms with Crippen molar-refractivity contribution in [3.05, 3.63) is 35.8 Å². The minimum absolute atomic E-state index is 0.00721. The highest BCUT2D eigenvalue weighted by Crippen LogP contribution is 2.32. The Morgan fingerprint density at radius 2 is 2.14 bits per heavy atom. The van der Waals surface area contributed by atoms with Gasteiger partial charge >= 0.3 is 12.6 Å². The van der Waals surface area contributed by atoms with Crippen LogP contribution in [0.5, 0.6) is 11.9 Å². The molecule has 4 heterocycles. The van der Waals surface area contributed by atoms with Gasteiger partial charge < -0.3 is 19.3 Å². The van der Waals surface area contributed by atoms with E-state index in [0.717, 1.165) is 18.8 Å². The van der Waals surface area contributed by atoms with Crippen LogP contribution in [0.1, 0.15) is 17.7 Å². The lowest BCUT2D eigenvalue weighted by Crippen LogP contribution is -2.48. The Bertz CT molecular complexity index is 862. The molecule has 0 atom stereocenters. The van der Waals surface area contributed by atoms with Crippen LogP contribution in [0.15, 0.2) is 24.5 Å². The molecule has 0 aromatic carbocycles. The Morgan fingerprint density at radius 3 is 2.82 bits per heavy atom. The first-order valence-electron chi connectivity index (χ1n) is 8.85. The first-order chi connectivity index (χ1) is 13.5. The highest BCUT2D eigenvalue weighted by molar-refractivity contribution is 5.77. The number of amides is 1. The summed E-state index contributed by atoms with van der Waals surface area (Å²) >= 11 is 0. The summed E-state index contributed by atoms with van der Waals surface area (Å²) in [5.74, 6) is 0.414. The second-order valence-electron chi connectivity index (χ2n) is 6.76. The number of anilines is 1. The molecule has 148 valence electrons. The number of carbonyl (C=O) groups is 1. The van der Waals surface area contributed by atoms with E-state index in [2.05, 4.69) is 24.6 Å². The smallest absolute Gasteiger partial charge is 0.389 e. The highest BCUT2D eigenvalue weighted by atomic mass is 19.3. The largest absolute Gasteiger partial charge is 0.481 e. The number of carbonyl (C=O) groups excluding carboxylic acids is 1. The predicted molar refractivity (Wildman–Crippen MR) is 94.0 cm³/mol. The van der Waals surface area contributed by atoms with Crippen LogP contribution < -0.4 is 14.4 Å². The Balaban J connectivity index is 1.36. The first-order valence-corrected chi connectivity index (χ1v) is 8.85. The topological polar surface area (TPSA) is 80.7 Å². The van der Waals surface area contributed by atoms with Crippen molar-refractivity contribution < 1.29 is 23.0 Å². The van der Waals surface area contributed by atoms with Gasteiger partial charge in [0.1, 0.15) is 0 Å². The average Bonchev–Trinajstić information content (AvgIpc) is 3.08.